The summed E-state index contributed by atoms with van der Waals surface area (Å²) in [5.74, 6) is 1.75. The first-order valence-corrected chi connectivity index (χ1v) is 14.6. The Bertz CT molecular complexity index is 1880. The van der Waals surface area contributed by atoms with Gasteiger partial charge in [0.05, 0.1) is 11.4 Å². The largest absolute Gasteiger partial charge is 0.301 e. The van der Waals surface area contributed by atoms with E-state index in [2.05, 4.69) is 140 Å². The van der Waals surface area contributed by atoms with E-state index in [1.54, 1.807) is 0 Å². The number of anilines is 2. The molecule has 0 fully saturated rings. The smallest absolute Gasteiger partial charge is 0.161 e. The molecule has 0 aliphatic rings. The number of aryl methyl sites for hydroxylation is 2. The second kappa shape index (κ2) is 10.7. The molecule has 41 heavy (non-hydrogen) atoms. The third-order valence-corrected chi connectivity index (χ3v) is 7.98. The standard InChI is InChI=1S/C36H37N5/c1-7-14-24(4)23-25(5)26(6)41(35-31(8-2)39-21-19-27-15-10-12-17-29(27)33(39)37-35)36-32(9-3)40-22-20-28-16-11-13-18-30(28)34(40)38-36/h10-23H,6-9H2,1-5H3/b24-14-,25-23-. The van der Waals surface area contributed by atoms with Crippen molar-refractivity contribution in [2.75, 3.05) is 4.90 Å². The highest BCUT2D eigenvalue weighted by Gasteiger charge is 2.28. The maximum atomic E-state index is 5.35. The van der Waals surface area contributed by atoms with Crippen LogP contribution in [0.4, 0.5) is 11.6 Å². The number of hydrogen-bond donors (Lipinski definition) is 0. The summed E-state index contributed by atoms with van der Waals surface area (Å²) in [5.41, 5.74) is 7.33. The maximum Gasteiger partial charge on any atom is 0.161 e. The Morgan fingerprint density at radius 2 is 1.24 bits per heavy atom. The second-order valence-electron chi connectivity index (χ2n) is 10.6. The van der Waals surface area contributed by atoms with Crippen LogP contribution in [-0.4, -0.2) is 18.8 Å². The second-order valence-corrected chi connectivity index (χ2v) is 10.6. The summed E-state index contributed by atoms with van der Waals surface area (Å²) in [7, 11) is 0. The highest BCUT2D eigenvalue weighted by molar-refractivity contribution is 5.96. The van der Waals surface area contributed by atoms with Crippen LogP contribution in [0, 0.1) is 0 Å². The molecule has 4 aromatic heterocycles. The van der Waals surface area contributed by atoms with Crippen molar-refractivity contribution in [1.82, 2.24) is 18.8 Å². The Labute approximate surface area is 241 Å². The molecule has 0 saturated heterocycles. The normalized spacial score (nSPS) is 12.7. The van der Waals surface area contributed by atoms with Crippen LogP contribution in [0.15, 0.2) is 109 Å². The number of aromatic nitrogens is 4. The Morgan fingerprint density at radius 3 is 1.71 bits per heavy atom. The Balaban J connectivity index is 1.67. The van der Waals surface area contributed by atoms with Crippen LogP contribution in [0.25, 0.3) is 32.8 Å². The summed E-state index contributed by atoms with van der Waals surface area (Å²) in [4.78, 5) is 12.9. The van der Waals surface area contributed by atoms with Crippen molar-refractivity contribution < 1.29 is 0 Å². The molecule has 0 saturated carbocycles. The van der Waals surface area contributed by atoms with E-state index in [0.29, 0.717) is 0 Å². The van der Waals surface area contributed by atoms with E-state index in [-0.39, 0.29) is 0 Å². The SMILES string of the molecule is C=C(/C(C)=C\C(C)=C/CC)N(c1nc2c3ccccc3ccn2c1CC)c1nc2c3ccccc3ccn2c1CC. The molecule has 206 valence electrons. The fourth-order valence-corrected chi connectivity index (χ4v) is 5.96. The molecule has 6 aromatic rings. The molecule has 4 heterocycles. The van der Waals surface area contributed by atoms with Gasteiger partial charge in [-0.15, -0.1) is 0 Å². The average molecular weight is 540 g/mol. The molecule has 0 aliphatic heterocycles. The number of fused-ring (bicyclic) bond motifs is 6. The topological polar surface area (TPSA) is 37.8 Å². The molecule has 0 spiro atoms. The van der Waals surface area contributed by atoms with Crippen molar-refractivity contribution in [1.29, 1.82) is 0 Å². The lowest BCUT2D eigenvalue weighted by Gasteiger charge is -2.25. The summed E-state index contributed by atoms with van der Waals surface area (Å²) in [6.07, 6.45) is 11.4. The van der Waals surface area contributed by atoms with Crippen molar-refractivity contribution in [3.8, 4) is 0 Å². The van der Waals surface area contributed by atoms with Crippen LogP contribution in [-0.2, 0) is 12.8 Å². The first kappa shape index (κ1) is 26.6. The van der Waals surface area contributed by atoms with Crippen LogP contribution < -0.4 is 4.90 Å². The molecule has 0 aliphatic carbocycles. The van der Waals surface area contributed by atoms with Crippen molar-refractivity contribution in [2.24, 2.45) is 0 Å². The van der Waals surface area contributed by atoms with Gasteiger partial charge in [0.1, 0.15) is 11.3 Å². The van der Waals surface area contributed by atoms with Crippen LogP contribution >= 0.6 is 0 Å². The molecule has 0 bridgehead atoms. The first-order valence-electron chi connectivity index (χ1n) is 14.6. The van der Waals surface area contributed by atoms with Gasteiger partial charge in [-0.2, -0.15) is 0 Å². The Kier molecular flexibility index (Phi) is 6.96. The molecule has 0 unspecified atom stereocenters. The van der Waals surface area contributed by atoms with Gasteiger partial charge in [-0.25, -0.2) is 9.97 Å². The summed E-state index contributed by atoms with van der Waals surface area (Å²) in [5, 5.41) is 4.61. The molecule has 0 atom stereocenters. The van der Waals surface area contributed by atoms with Crippen LogP contribution in [0.2, 0.25) is 0 Å². The van der Waals surface area contributed by atoms with Gasteiger partial charge < -0.3 is 8.80 Å². The van der Waals surface area contributed by atoms with Gasteiger partial charge in [0.15, 0.2) is 11.6 Å². The van der Waals surface area contributed by atoms with Gasteiger partial charge in [0.2, 0.25) is 0 Å². The molecule has 6 rings (SSSR count). The molecule has 2 aromatic carbocycles. The molecular weight excluding hydrogens is 502 g/mol. The zero-order chi connectivity index (χ0) is 28.7. The minimum atomic E-state index is 0.813. The van der Waals surface area contributed by atoms with Crippen molar-refractivity contribution in [3.63, 3.8) is 0 Å². The number of imidazole rings is 2. The van der Waals surface area contributed by atoms with E-state index >= 15 is 0 Å². The molecule has 0 amide bonds. The van der Waals surface area contributed by atoms with Gasteiger partial charge >= 0.3 is 0 Å². The summed E-state index contributed by atoms with van der Waals surface area (Å²) >= 11 is 0. The summed E-state index contributed by atoms with van der Waals surface area (Å²) in [6.45, 7) is 15.5. The van der Waals surface area contributed by atoms with Crippen molar-refractivity contribution in [3.05, 3.63) is 120 Å². The van der Waals surface area contributed by atoms with E-state index in [1.807, 2.05) is 0 Å². The highest BCUT2D eigenvalue weighted by Crippen LogP contribution is 2.39. The zero-order valence-electron chi connectivity index (χ0n) is 24.6. The van der Waals surface area contributed by atoms with Crippen molar-refractivity contribution in [2.45, 2.75) is 53.9 Å². The van der Waals surface area contributed by atoms with E-state index in [0.717, 1.165) is 75.6 Å². The van der Waals surface area contributed by atoms with Crippen LogP contribution in [0.1, 0.15) is 52.4 Å². The van der Waals surface area contributed by atoms with Gasteiger partial charge in [0.25, 0.3) is 0 Å². The number of hydrogen-bond acceptors (Lipinski definition) is 3. The van der Waals surface area contributed by atoms with Gasteiger partial charge in [-0.05, 0) is 61.6 Å². The monoisotopic (exact) mass is 539 g/mol. The van der Waals surface area contributed by atoms with E-state index in [9.17, 15) is 0 Å². The average Bonchev–Trinajstić information content (AvgIpc) is 3.55. The lowest BCUT2D eigenvalue weighted by molar-refractivity contribution is 0.957. The third-order valence-electron chi connectivity index (χ3n) is 7.98. The predicted octanol–water partition coefficient (Wildman–Crippen LogP) is 9.37. The van der Waals surface area contributed by atoms with Crippen LogP contribution in [0.5, 0.6) is 0 Å². The highest BCUT2D eigenvalue weighted by atomic mass is 15.3. The number of pyridine rings is 2. The molecule has 0 radical (unpaired) electrons. The van der Waals surface area contributed by atoms with Crippen LogP contribution in [0.3, 0.4) is 0 Å². The van der Waals surface area contributed by atoms with Gasteiger partial charge in [0, 0.05) is 28.9 Å². The molecule has 0 N–H and O–H groups in total. The van der Waals surface area contributed by atoms with Gasteiger partial charge in [-0.1, -0.05) is 93.6 Å². The molecule has 5 nitrogen and oxygen atoms in total. The predicted molar refractivity (Wildman–Crippen MR) is 173 cm³/mol. The fourth-order valence-electron chi connectivity index (χ4n) is 5.96. The third kappa shape index (κ3) is 4.42. The maximum absolute atomic E-state index is 5.35. The number of rotatable bonds is 8. The number of allylic oxidation sites excluding steroid dienone is 4. The minimum absolute atomic E-state index is 0.813. The van der Waals surface area contributed by atoms with Crippen molar-refractivity contribution >= 4 is 44.5 Å². The zero-order valence-corrected chi connectivity index (χ0v) is 24.6. The number of nitrogens with zero attached hydrogens (tertiary/aromatic N) is 5. The Morgan fingerprint density at radius 1 is 0.756 bits per heavy atom. The molecular formula is C36H37N5. The summed E-state index contributed by atoms with van der Waals surface area (Å²) < 4.78 is 4.46. The van der Waals surface area contributed by atoms with E-state index in [4.69, 9.17) is 9.97 Å². The number of benzene rings is 2. The molecule has 5 heteroatoms. The minimum Gasteiger partial charge on any atom is -0.301 e. The quantitative estimate of drug-likeness (QED) is 0.181. The first-order chi connectivity index (χ1) is 20.0. The lowest BCUT2D eigenvalue weighted by atomic mass is 10.1. The summed E-state index contributed by atoms with van der Waals surface area (Å²) in [6, 6.07) is 21.2. The van der Waals surface area contributed by atoms with E-state index < -0.39 is 0 Å². The Hall–Kier alpha value is -4.64. The lowest BCUT2D eigenvalue weighted by Crippen LogP contribution is -2.20. The van der Waals surface area contributed by atoms with Gasteiger partial charge in [-0.3, -0.25) is 4.90 Å². The fraction of sp³-hybridized carbons (Fsp3) is 0.222. The van der Waals surface area contributed by atoms with E-state index in [1.165, 1.54) is 16.3 Å².